The topological polar surface area (TPSA) is 66.8 Å². The fourth-order valence-corrected chi connectivity index (χ4v) is 0.933. The first-order chi connectivity index (χ1) is 7.00. The van der Waals surface area contributed by atoms with Crippen LogP contribution >= 0.6 is 0 Å². The minimum atomic E-state index is -1.58. The van der Waals surface area contributed by atoms with E-state index in [-0.39, 0.29) is 16.8 Å². The molecule has 0 saturated heterocycles. The normalized spacial score (nSPS) is 9.53. The average Bonchev–Trinajstić information content (AvgIpc) is 2.18. The molecule has 5 heteroatoms. The molecule has 0 saturated carbocycles. The second-order valence-electron chi connectivity index (χ2n) is 3.12. The summed E-state index contributed by atoms with van der Waals surface area (Å²) in [5.41, 5.74) is 0.548. The SMILES string of the molecule is C=C(C)C(=O)Oc1cccc(B(O)O)c1. The largest absolute Gasteiger partial charge is 0.488 e. The zero-order valence-corrected chi connectivity index (χ0v) is 8.30. The van der Waals surface area contributed by atoms with Crippen LogP contribution in [-0.2, 0) is 4.79 Å². The van der Waals surface area contributed by atoms with E-state index in [1.807, 2.05) is 0 Å². The Labute approximate surface area is 88.0 Å². The Hall–Kier alpha value is -1.59. The zero-order chi connectivity index (χ0) is 11.4. The molecule has 0 fully saturated rings. The zero-order valence-electron chi connectivity index (χ0n) is 8.30. The third kappa shape index (κ3) is 3.23. The van der Waals surface area contributed by atoms with Crippen molar-refractivity contribution in [2.45, 2.75) is 6.92 Å². The van der Waals surface area contributed by atoms with Gasteiger partial charge in [-0.25, -0.2) is 4.79 Å². The molecule has 0 bridgehead atoms. The molecule has 0 spiro atoms. The Balaban J connectivity index is 2.82. The van der Waals surface area contributed by atoms with Crippen LogP contribution in [0.1, 0.15) is 6.92 Å². The molecule has 0 aliphatic rings. The van der Waals surface area contributed by atoms with Gasteiger partial charge in [-0.05, 0) is 24.5 Å². The minimum Gasteiger partial charge on any atom is -0.423 e. The van der Waals surface area contributed by atoms with Crippen molar-refractivity contribution >= 4 is 18.6 Å². The first kappa shape index (κ1) is 11.5. The standard InChI is InChI=1S/C10H11BO4/c1-7(2)10(12)15-9-5-3-4-8(6-9)11(13)14/h3-6,13-14H,1H2,2H3. The fraction of sp³-hybridized carbons (Fsp3) is 0.100. The number of rotatable bonds is 3. The fourth-order valence-electron chi connectivity index (χ4n) is 0.933. The highest BCUT2D eigenvalue weighted by molar-refractivity contribution is 6.58. The molecule has 1 rings (SSSR count). The number of esters is 1. The molecular weight excluding hydrogens is 195 g/mol. The van der Waals surface area contributed by atoms with E-state index in [2.05, 4.69) is 6.58 Å². The van der Waals surface area contributed by atoms with Crippen LogP contribution in [0.15, 0.2) is 36.4 Å². The van der Waals surface area contributed by atoms with E-state index < -0.39 is 13.1 Å². The molecule has 0 aliphatic heterocycles. The summed E-state index contributed by atoms with van der Waals surface area (Å²) in [5, 5.41) is 17.8. The summed E-state index contributed by atoms with van der Waals surface area (Å²) in [6.45, 7) is 4.97. The monoisotopic (exact) mass is 206 g/mol. The number of ether oxygens (including phenoxy) is 1. The first-order valence-corrected chi connectivity index (χ1v) is 4.34. The van der Waals surface area contributed by atoms with Crippen molar-refractivity contribution in [2.24, 2.45) is 0 Å². The van der Waals surface area contributed by atoms with E-state index in [4.69, 9.17) is 14.8 Å². The van der Waals surface area contributed by atoms with Gasteiger partial charge in [0.05, 0.1) is 0 Å². The lowest BCUT2D eigenvalue weighted by molar-refractivity contribution is -0.130. The van der Waals surface area contributed by atoms with Gasteiger partial charge in [0.25, 0.3) is 0 Å². The molecule has 78 valence electrons. The van der Waals surface area contributed by atoms with Crippen LogP contribution in [0.2, 0.25) is 0 Å². The second-order valence-corrected chi connectivity index (χ2v) is 3.12. The Bertz CT molecular complexity index is 387. The van der Waals surface area contributed by atoms with Gasteiger partial charge in [-0.3, -0.25) is 0 Å². The maximum atomic E-state index is 11.1. The lowest BCUT2D eigenvalue weighted by atomic mass is 9.80. The van der Waals surface area contributed by atoms with Crippen molar-refractivity contribution in [1.82, 2.24) is 0 Å². The summed E-state index contributed by atoms with van der Waals surface area (Å²) < 4.78 is 4.91. The predicted molar refractivity (Wildman–Crippen MR) is 56.7 cm³/mol. The van der Waals surface area contributed by atoms with Crippen LogP contribution in [0.25, 0.3) is 0 Å². The summed E-state index contributed by atoms with van der Waals surface area (Å²) in [6, 6.07) is 6.01. The Morgan fingerprint density at radius 2 is 2.13 bits per heavy atom. The third-order valence-corrected chi connectivity index (χ3v) is 1.72. The summed E-state index contributed by atoms with van der Waals surface area (Å²) in [4.78, 5) is 11.1. The van der Waals surface area contributed by atoms with Gasteiger partial charge in [-0.1, -0.05) is 18.7 Å². The number of hydrogen-bond acceptors (Lipinski definition) is 4. The summed E-state index contributed by atoms with van der Waals surface area (Å²) in [6.07, 6.45) is 0. The third-order valence-electron chi connectivity index (χ3n) is 1.72. The lowest BCUT2D eigenvalue weighted by Crippen LogP contribution is -2.29. The van der Waals surface area contributed by atoms with Gasteiger partial charge in [-0.2, -0.15) is 0 Å². The predicted octanol–water partition coefficient (Wildman–Crippen LogP) is -0.152. The Morgan fingerprint density at radius 3 is 2.67 bits per heavy atom. The molecule has 0 radical (unpaired) electrons. The molecule has 0 amide bonds. The number of carbonyl (C=O) groups is 1. The lowest BCUT2D eigenvalue weighted by Gasteiger charge is -2.05. The molecule has 4 nitrogen and oxygen atoms in total. The highest BCUT2D eigenvalue weighted by atomic mass is 16.5. The quantitative estimate of drug-likeness (QED) is 0.312. The van der Waals surface area contributed by atoms with E-state index >= 15 is 0 Å². The van der Waals surface area contributed by atoms with Crippen LogP contribution in [0.3, 0.4) is 0 Å². The van der Waals surface area contributed by atoms with Gasteiger partial charge in [0.15, 0.2) is 0 Å². The van der Waals surface area contributed by atoms with Crippen molar-refractivity contribution < 1.29 is 19.6 Å². The molecule has 0 atom stereocenters. The van der Waals surface area contributed by atoms with Gasteiger partial charge >= 0.3 is 13.1 Å². The van der Waals surface area contributed by atoms with E-state index in [0.29, 0.717) is 0 Å². The molecule has 1 aromatic carbocycles. The Kier molecular flexibility index (Phi) is 3.65. The molecule has 0 unspecified atom stereocenters. The molecule has 15 heavy (non-hydrogen) atoms. The number of hydrogen-bond donors (Lipinski definition) is 2. The van der Waals surface area contributed by atoms with Gasteiger partial charge in [0, 0.05) is 5.57 Å². The smallest absolute Gasteiger partial charge is 0.423 e. The molecule has 0 heterocycles. The van der Waals surface area contributed by atoms with E-state index in [1.165, 1.54) is 19.1 Å². The van der Waals surface area contributed by atoms with E-state index in [0.717, 1.165) is 0 Å². The molecule has 2 N–H and O–H groups in total. The van der Waals surface area contributed by atoms with E-state index in [9.17, 15) is 4.79 Å². The van der Waals surface area contributed by atoms with Crippen molar-refractivity contribution in [3.8, 4) is 5.75 Å². The number of benzene rings is 1. The number of carbonyl (C=O) groups excluding carboxylic acids is 1. The van der Waals surface area contributed by atoms with E-state index in [1.54, 1.807) is 12.1 Å². The highest BCUT2D eigenvalue weighted by Crippen LogP contribution is 2.09. The van der Waals surface area contributed by atoms with Crippen molar-refractivity contribution in [2.75, 3.05) is 0 Å². The van der Waals surface area contributed by atoms with Gasteiger partial charge in [0.2, 0.25) is 0 Å². The molecule has 0 aliphatic carbocycles. The minimum absolute atomic E-state index is 0.258. The van der Waals surface area contributed by atoms with Crippen LogP contribution in [-0.4, -0.2) is 23.1 Å². The first-order valence-electron chi connectivity index (χ1n) is 4.34. The second kappa shape index (κ2) is 4.77. The molecule has 1 aromatic rings. The van der Waals surface area contributed by atoms with Crippen LogP contribution in [0, 0.1) is 0 Å². The highest BCUT2D eigenvalue weighted by Gasteiger charge is 2.12. The van der Waals surface area contributed by atoms with Crippen molar-refractivity contribution in [1.29, 1.82) is 0 Å². The van der Waals surface area contributed by atoms with Gasteiger partial charge in [0.1, 0.15) is 5.75 Å². The molecular formula is C10H11BO4. The molecule has 0 aromatic heterocycles. The van der Waals surface area contributed by atoms with Crippen LogP contribution in [0.5, 0.6) is 5.75 Å². The Morgan fingerprint density at radius 1 is 1.47 bits per heavy atom. The maximum Gasteiger partial charge on any atom is 0.488 e. The van der Waals surface area contributed by atoms with Gasteiger partial charge < -0.3 is 14.8 Å². The van der Waals surface area contributed by atoms with Crippen LogP contribution in [0.4, 0.5) is 0 Å². The maximum absolute atomic E-state index is 11.1. The summed E-state index contributed by atoms with van der Waals surface area (Å²) in [5.74, 6) is -0.284. The average molecular weight is 206 g/mol. The van der Waals surface area contributed by atoms with Gasteiger partial charge in [-0.15, -0.1) is 0 Å². The van der Waals surface area contributed by atoms with Crippen molar-refractivity contribution in [3.63, 3.8) is 0 Å². The van der Waals surface area contributed by atoms with Crippen LogP contribution < -0.4 is 10.2 Å². The summed E-state index contributed by atoms with van der Waals surface area (Å²) in [7, 11) is -1.58. The van der Waals surface area contributed by atoms with Crippen molar-refractivity contribution in [3.05, 3.63) is 36.4 Å². The summed E-state index contributed by atoms with van der Waals surface area (Å²) >= 11 is 0.